The molecule has 0 bridgehead atoms. The van der Waals surface area contributed by atoms with Gasteiger partial charge in [0.1, 0.15) is 0 Å². The summed E-state index contributed by atoms with van der Waals surface area (Å²) in [5, 5.41) is 18.0. The van der Waals surface area contributed by atoms with E-state index in [1.54, 1.807) is 13.8 Å². The number of rotatable bonds is 5. The van der Waals surface area contributed by atoms with Crippen molar-refractivity contribution in [2.75, 3.05) is 0 Å². The Balaban J connectivity index is 3.11. The Morgan fingerprint density at radius 1 is 1.17 bits per heavy atom. The van der Waals surface area contributed by atoms with Crippen LogP contribution in [0.5, 0.6) is 0 Å². The van der Waals surface area contributed by atoms with Crippen molar-refractivity contribution in [2.45, 2.75) is 32.6 Å². The van der Waals surface area contributed by atoms with Crippen molar-refractivity contribution in [3.05, 3.63) is 35.4 Å². The first-order chi connectivity index (χ1) is 8.25. The Labute approximate surface area is 106 Å². The minimum Gasteiger partial charge on any atom is -0.481 e. The summed E-state index contributed by atoms with van der Waals surface area (Å²) in [5.41, 5.74) is 1.19. The quantitative estimate of drug-likeness (QED) is 0.841. The van der Waals surface area contributed by atoms with Gasteiger partial charge in [0.25, 0.3) is 0 Å². The van der Waals surface area contributed by atoms with E-state index >= 15 is 0 Å². The Kier molecular flexibility index (Phi) is 4.11. The molecule has 0 unspecified atom stereocenters. The first-order valence-electron chi connectivity index (χ1n) is 5.77. The van der Waals surface area contributed by atoms with E-state index in [1.807, 2.05) is 31.2 Å². The van der Waals surface area contributed by atoms with E-state index < -0.39 is 23.3 Å². The summed E-state index contributed by atoms with van der Waals surface area (Å²) in [7, 11) is 0. The predicted molar refractivity (Wildman–Crippen MR) is 67.6 cm³/mol. The summed E-state index contributed by atoms with van der Waals surface area (Å²) >= 11 is 0. The second-order valence-corrected chi connectivity index (χ2v) is 5.08. The summed E-state index contributed by atoms with van der Waals surface area (Å²) in [5.74, 6) is -3.12. The maximum Gasteiger partial charge on any atom is 0.307 e. The molecule has 0 fully saturated rings. The smallest absolute Gasteiger partial charge is 0.307 e. The fourth-order valence-electron chi connectivity index (χ4n) is 2.01. The second kappa shape index (κ2) is 5.21. The van der Waals surface area contributed by atoms with E-state index in [0.717, 1.165) is 11.1 Å². The molecule has 0 aliphatic heterocycles. The molecule has 98 valence electrons. The first kappa shape index (κ1) is 14.2. The van der Waals surface area contributed by atoms with Gasteiger partial charge in [-0.1, -0.05) is 43.7 Å². The number of carboxylic acids is 2. The molecule has 0 saturated carbocycles. The highest BCUT2D eigenvalue weighted by atomic mass is 16.4. The van der Waals surface area contributed by atoms with Crippen LogP contribution in [0.2, 0.25) is 0 Å². The van der Waals surface area contributed by atoms with Gasteiger partial charge in [-0.05, 0) is 12.5 Å². The number of hydrogen-bond donors (Lipinski definition) is 2. The summed E-state index contributed by atoms with van der Waals surface area (Å²) in [4.78, 5) is 22.0. The zero-order valence-electron chi connectivity index (χ0n) is 10.8. The lowest BCUT2D eigenvalue weighted by molar-refractivity contribution is -0.150. The average molecular weight is 250 g/mol. The topological polar surface area (TPSA) is 74.6 Å². The minimum absolute atomic E-state index is 0.379. The van der Waals surface area contributed by atoms with Gasteiger partial charge in [-0.2, -0.15) is 0 Å². The van der Waals surface area contributed by atoms with Crippen molar-refractivity contribution < 1.29 is 19.8 Å². The van der Waals surface area contributed by atoms with Crippen LogP contribution >= 0.6 is 0 Å². The standard InChI is InChI=1S/C14H18O4/c1-9-4-6-10(7-5-9)14(2,3)11(13(17)18)8-12(15)16/h4-7,11H,8H2,1-3H3,(H,15,16)(H,17,18)/t11-/m0/s1. The SMILES string of the molecule is Cc1ccc(C(C)(C)[C@@H](CC(=O)O)C(=O)O)cc1. The molecular formula is C14H18O4. The molecule has 0 amide bonds. The molecule has 0 aliphatic rings. The van der Waals surface area contributed by atoms with Crippen LogP contribution in [0, 0.1) is 12.8 Å². The number of carbonyl (C=O) groups is 2. The van der Waals surface area contributed by atoms with Crippen LogP contribution in [0.3, 0.4) is 0 Å². The van der Waals surface area contributed by atoms with Crippen LogP contribution < -0.4 is 0 Å². The van der Waals surface area contributed by atoms with Gasteiger partial charge in [0, 0.05) is 5.41 Å². The van der Waals surface area contributed by atoms with Crippen molar-refractivity contribution in [3.63, 3.8) is 0 Å². The molecule has 0 saturated heterocycles. The third-order valence-corrected chi connectivity index (χ3v) is 3.34. The fourth-order valence-corrected chi connectivity index (χ4v) is 2.01. The van der Waals surface area contributed by atoms with Gasteiger partial charge >= 0.3 is 11.9 Å². The van der Waals surface area contributed by atoms with Gasteiger partial charge in [-0.3, -0.25) is 9.59 Å². The lowest BCUT2D eigenvalue weighted by Gasteiger charge is -2.31. The van der Waals surface area contributed by atoms with Crippen molar-refractivity contribution >= 4 is 11.9 Å². The van der Waals surface area contributed by atoms with E-state index in [1.165, 1.54) is 0 Å². The monoisotopic (exact) mass is 250 g/mol. The lowest BCUT2D eigenvalue weighted by atomic mass is 9.72. The van der Waals surface area contributed by atoms with Crippen molar-refractivity contribution in [1.82, 2.24) is 0 Å². The normalized spacial score (nSPS) is 13.1. The highest BCUT2D eigenvalue weighted by Gasteiger charge is 2.38. The van der Waals surface area contributed by atoms with E-state index in [-0.39, 0.29) is 6.42 Å². The summed E-state index contributed by atoms with van der Waals surface area (Å²) in [6.07, 6.45) is -0.379. The van der Waals surface area contributed by atoms with Crippen LogP contribution in [0.4, 0.5) is 0 Å². The zero-order chi connectivity index (χ0) is 13.9. The highest BCUT2D eigenvalue weighted by molar-refractivity contribution is 5.79. The van der Waals surface area contributed by atoms with Crippen LogP contribution in [0.1, 0.15) is 31.4 Å². The maximum absolute atomic E-state index is 11.3. The van der Waals surface area contributed by atoms with Crippen LogP contribution in [0.25, 0.3) is 0 Å². The minimum atomic E-state index is -1.09. The second-order valence-electron chi connectivity index (χ2n) is 5.08. The molecular weight excluding hydrogens is 232 g/mol. The average Bonchev–Trinajstić information content (AvgIpc) is 2.25. The molecule has 4 nitrogen and oxygen atoms in total. The predicted octanol–water partition coefficient (Wildman–Crippen LogP) is 2.45. The maximum atomic E-state index is 11.3. The van der Waals surface area contributed by atoms with Gasteiger partial charge in [0.2, 0.25) is 0 Å². The van der Waals surface area contributed by atoms with Gasteiger partial charge < -0.3 is 10.2 Å². The van der Waals surface area contributed by atoms with Crippen molar-refractivity contribution in [1.29, 1.82) is 0 Å². The van der Waals surface area contributed by atoms with Crippen LogP contribution in [0.15, 0.2) is 24.3 Å². The summed E-state index contributed by atoms with van der Waals surface area (Å²) < 4.78 is 0. The molecule has 0 radical (unpaired) electrons. The van der Waals surface area contributed by atoms with Gasteiger partial charge in [-0.15, -0.1) is 0 Å². The van der Waals surface area contributed by atoms with E-state index in [9.17, 15) is 14.7 Å². The Bertz CT molecular complexity index is 445. The van der Waals surface area contributed by atoms with E-state index in [4.69, 9.17) is 5.11 Å². The van der Waals surface area contributed by atoms with Crippen molar-refractivity contribution in [2.24, 2.45) is 5.92 Å². The molecule has 0 aliphatic carbocycles. The Hall–Kier alpha value is -1.84. The molecule has 0 aromatic heterocycles. The largest absolute Gasteiger partial charge is 0.481 e. The Morgan fingerprint density at radius 2 is 1.67 bits per heavy atom. The van der Waals surface area contributed by atoms with E-state index in [0.29, 0.717) is 0 Å². The van der Waals surface area contributed by atoms with Crippen molar-refractivity contribution in [3.8, 4) is 0 Å². The third-order valence-electron chi connectivity index (χ3n) is 3.34. The van der Waals surface area contributed by atoms with Crippen LogP contribution in [-0.2, 0) is 15.0 Å². The number of benzene rings is 1. The molecule has 2 N–H and O–H groups in total. The highest BCUT2D eigenvalue weighted by Crippen LogP contribution is 2.34. The van der Waals surface area contributed by atoms with Crippen LogP contribution in [-0.4, -0.2) is 22.2 Å². The summed E-state index contributed by atoms with van der Waals surface area (Å²) in [6.45, 7) is 5.47. The molecule has 1 rings (SSSR count). The molecule has 1 atom stereocenters. The zero-order valence-corrected chi connectivity index (χ0v) is 10.8. The molecule has 0 heterocycles. The molecule has 1 aromatic rings. The number of hydrogen-bond acceptors (Lipinski definition) is 2. The van der Waals surface area contributed by atoms with Gasteiger partial charge in [0.15, 0.2) is 0 Å². The van der Waals surface area contributed by atoms with Gasteiger partial charge in [0.05, 0.1) is 12.3 Å². The number of aliphatic carboxylic acids is 2. The van der Waals surface area contributed by atoms with E-state index in [2.05, 4.69) is 0 Å². The number of aryl methyl sites for hydroxylation is 1. The first-order valence-corrected chi connectivity index (χ1v) is 5.77. The fraction of sp³-hybridized carbons (Fsp3) is 0.429. The summed E-state index contributed by atoms with van der Waals surface area (Å²) in [6, 6.07) is 7.51. The molecule has 4 heteroatoms. The molecule has 18 heavy (non-hydrogen) atoms. The molecule has 0 spiro atoms. The van der Waals surface area contributed by atoms with Gasteiger partial charge in [-0.25, -0.2) is 0 Å². The molecule has 1 aromatic carbocycles. The Morgan fingerprint density at radius 3 is 2.06 bits per heavy atom. The lowest BCUT2D eigenvalue weighted by Crippen LogP contribution is -2.36. The number of carboxylic acid groups (broad SMARTS) is 2. The third kappa shape index (κ3) is 3.09.